The first-order valence-corrected chi connectivity index (χ1v) is 19.0. The molecule has 1 N–H and O–H groups in total. The summed E-state index contributed by atoms with van der Waals surface area (Å²) in [6.45, 7) is 2.95. The number of halogens is 2. The molecule has 0 spiro atoms. The Bertz CT molecular complexity index is 1930. The zero-order valence-corrected chi connectivity index (χ0v) is 31.5. The molecular formula is C39H43Cl2N3O6S. The number of nitrogens with zero attached hydrogens (tertiary/aromatic N) is 2. The fraction of sp³-hybridized carbons (Fsp3) is 0.333. The van der Waals surface area contributed by atoms with Crippen molar-refractivity contribution in [3.8, 4) is 11.5 Å². The van der Waals surface area contributed by atoms with Gasteiger partial charge in [-0.3, -0.25) is 13.9 Å². The average Bonchev–Trinajstić information content (AvgIpc) is 3.62. The lowest BCUT2D eigenvalue weighted by atomic mass is 10.0. The maximum atomic E-state index is 14.9. The van der Waals surface area contributed by atoms with Gasteiger partial charge in [-0.15, -0.1) is 0 Å². The van der Waals surface area contributed by atoms with Crippen molar-refractivity contribution >= 4 is 50.7 Å². The summed E-state index contributed by atoms with van der Waals surface area (Å²) in [7, 11) is -1.51. The van der Waals surface area contributed by atoms with Crippen molar-refractivity contribution in [3.63, 3.8) is 0 Å². The molecule has 4 aromatic rings. The summed E-state index contributed by atoms with van der Waals surface area (Å²) < 4.78 is 41.1. The van der Waals surface area contributed by atoms with Gasteiger partial charge < -0.3 is 19.7 Å². The van der Waals surface area contributed by atoms with Crippen molar-refractivity contribution in [2.24, 2.45) is 0 Å². The topological polar surface area (TPSA) is 105 Å². The molecule has 0 bridgehead atoms. The van der Waals surface area contributed by atoms with Gasteiger partial charge in [0.05, 0.1) is 24.8 Å². The third-order valence-corrected chi connectivity index (χ3v) is 11.6. The molecule has 1 aliphatic rings. The number of ether oxygens (including phenoxy) is 2. The fourth-order valence-corrected chi connectivity index (χ4v) is 8.43. The molecule has 0 radical (unpaired) electrons. The van der Waals surface area contributed by atoms with E-state index in [-0.39, 0.29) is 35.6 Å². The number of rotatable bonds is 14. The van der Waals surface area contributed by atoms with Gasteiger partial charge in [-0.25, -0.2) is 8.42 Å². The summed E-state index contributed by atoms with van der Waals surface area (Å²) in [6.07, 6.45) is 3.88. The molecule has 0 heterocycles. The van der Waals surface area contributed by atoms with Crippen LogP contribution in [0.4, 0.5) is 5.69 Å². The van der Waals surface area contributed by atoms with Crippen molar-refractivity contribution in [1.82, 2.24) is 10.2 Å². The van der Waals surface area contributed by atoms with Crippen LogP contribution < -0.4 is 19.1 Å². The van der Waals surface area contributed by atoms with Crippen molar-refractivity contribution in [2.45, 2.75) is 69.5 Å². The van der Waals surface area contributed by atoms with E-state index in [2.05, 4.69) is 5.32 Å². The van der Waals surface area contributed by atoms with Gasteiger partial charge in [0.25, 0.3) is 10.0 Å². The number of methoxy groups -OCH3 is 2. The Morgan fingerprint density at radius 1 is 0.843 bits per heavy atom. The molecule has 0 aliphatic heterocycles. The molecule has 0 saturated heterocycles. The number of hydrogen-bond acceptors (Lipinski definition) is 6. The number of sulfonamides is 1. The van der Waals surface area contributed by atoms with Crippen molar-refractivity contribution in [1.29, 1.82) is 0 Å². The smallest absolute Gasteiger partial charge is 0.264 e. The Kier molecular flexibility index (Phi) is 12.5. The Morgan fingerprint density at radius 2 is 1.47 bits per heavy atom. The monoisotopic (exact) mass is 751 g/mol. The van der Waals surface area contributed by atoms with Gasteiger partial charge in [-0.1, -0.05) is 78.5 Å². The minimum Gasteiger partial charge on any atom is -0.493 e. The van der Waals surface area contributed by atoms with Crippen molar-refractivity contribution < 1.29 is 27.5 Å². The van der Waals surface area contributed by atoms with E-state index >= 15 is 0 Å². The minimum absolute atomic E-state index is 0.0196. The van der Waals surface area contributed by atoms with E-state index < -0.39 is 28.5 Å². The van der Waals surface area contributed by atoms with E-state index in [1.807, 2.05) is 50.2 Å². The number of aryl methyl sites for hydroxylation is 2. The first kappa shape index (κ1) is 38.0. The molecule has 12 heteroatoms. The van der Waals surface area contributed by atoms with E-state index in [9.17, 15) is 18.0 Å². The zero-order chi connectivity index (χ0) is 36.7. The quantitative estimate of drug-likeness (QED) is 0.143. The second-order valence-electron chi connectivity index (χ2n) is 12.8. The van der Waals surface area contributed by atoms with Gasteiger partial charge >= 0.3 is 0 Å². The van der Waals surface area contributed by atoms with Crippen LogP contribution in [-0.2, 0) is 32.6 Å². The molecule has 1 atom stereocenters. The first-order valence-electron chi connectivity index (χ1n) is 16.8. The normalized spacial score (nSPS) is 13.8. The molecule has 9 nitrogen and oxygen atoms in total. The summed E-state index contributed by atoms with van der Waals surface area (Å²) >= 11 is 13.3. The molecule has 1 saturated carbocycles. The van der Waals surface area contributed by atoms with E-state index in [0.717, 1.165) is 46.7 Å². The van der Waals surface area contributed by atoms with Gasteiger partial charge in [0.15, 0.2) is 11.5 Å². The van der Waals surface area contributed by atoms with Crippen LogP contribution in [0.2, 0.25) is 10.0 Å². The Balaban J connectivity index is 1.63. The lowest BCUT2D eigenvalue weighted by Crippen LogP contribution is -2.54. The number of amides is 2. The van der Waals surface area contributed by atoms with Crippen LogP contribution in [-0.4, -0.2) is 58.0 Å². The average molecular weight is 753 g/mol. The molecule has 0 aromatic heterocycles. The van der Waals surface area contributed by atoms with E-state index in [0.29, 0.717) is 27.0 Å². The fourth-order valence-electron chi connectivity index (χ4n) is 6.50. The van der Waals surface area contributed by atoms with Gasteiger partial charge in [-0.2, -0.15) is 0 Å². The Hall–Kier alpha value is -4.25. The molecule has 51 heavy (non-hydrogen) atoms. The van der Waals surface area contributed by atoms with E-state index in [1.54, 1.807) is 30.3 Å². The third-order valence-electron chi connectivity index (χ3n) is 9.08. The Morgan fingerprint density at radius 3 is 2.08 bits per heavy atom. The highest BCUT2D eigenvalue weighted by Crippen LogP contribution is 2.34. The highest BCUT2D eigenvalue weighted by atomic mass is 35.5. The van der Waals surface area contributed by atoms with Gasteiger partial charge in [-0.05, 0) is 79.8 Å². The number of anilines is 1. The predicted molar refractivity (Wildman–Crippen MR) is 201 cm³/mol. The summed E-state index contributed by atoms with van der Waals surface area (Å²) in [6, 6.07) is 23.0. The first-order chi connectivity index (χ1) is 24.4. The van der Waals surface area contributed by atoms with Crippen LogP contribution in [0.3, 0.4) is 0 Å². The predicted octanol–water partition coefficient (Wildman–Crippen LogP) is 7.52. The second kappa shape index (κ2) is 16.8. The molecule has 5 rings (SSSR count). The highest BCUT2D eigenvalue weighted by molar-refractivity contribution is 7.92. The van der Waals surface area contributed by atoms with Crippen LogP contribution in [0.25, 0.3) is 0 Å². The lowest BCUT2D eigenvalue weighted by molar-refractivity contribution is -0.140. The number of nitrogens with one attached hydrogen (secondary N) is 1. The van der Waals surface area contributed by atoms with Gasteiger partial charge in [0, 0.05) is 40.7 Å². The Labute approximate surface area is 310 Å². The molecule has 2 amide bonds. The number of carbonyl (C=O) groups excluding carboxylic acids is 2. The SMILES string of the molecule is COc1ccc(S(=O)(=O)N(CC(=O)N(Cc2c(Cl)cccc2Cl)C(Cc2ccccc2)C(=O)NC2CCCC2)c2cc(C)cc(C)c2)cc1OC. The third kappa shape index (κ3) is 9.16. The van der Waals surface area contributed by atoms with Crippen LogP contribution in [0.15, 0.2) is 89.8 Å². The van der Waals surface area contributed by atoms with Gasteiger partial charge in [0.1, 0.15) is 12.6 Å². The van der Waals surface area contributed by atoms with Gasteiger partial charge in [0.2, 0.25) is 11.8 Å². The molecule has 1 fully saturated rings. The summed E-state index contributed by atoms with van der Waals surface area (Å²) in [5.41, 5.74) is 3.18. The highest BCUT2D eigenvalue weighted by Gasteiger charge is 2.36. The number of benzene rings is 4. The van der Waals surface area contributed by atoms with Crippen LogP contribution in [0, 0.1) is 13.8 Å². The lowest BCUT2D eigenvalue weighted by Gasteiger charge is -2.35. The van der Waals surface area contributed by atoms with Crippen LogP contribution >= 0.6 is 23.2 Å². The molecule has 1 unspecified atom stereocenters. The summed E-state index contributed by atoms with van der Waals surface area (Å²) in [5, 5.41) is 3.81. The maximum Gasteiger partial charge on any atom is 0.264 e. The standard InChI is InChI=1S/C39H43Cl2N3O6S/c1-26-19-27(2)21-30(20-26)44(51(47,48)31-17-18-36(49-3)37(23-31)50-4)25-38(45)43(24-32-33(40)15-10-16-34(32)41)35(22-28-11-6-5-7-12-28)39(46)42-29-13-8-9-14-29/h5-7,10-12,15-21,23,29,35H,8-9,13-14,22,24-25H2,1-4H3,(H,42,46). The molecule has 4 aromatic carbocycles. The summed E-state index contributed by atoms with van der Waals surface area (Å²) in [5.74, 6) is -0.378. The van der Waals surface area contributed by atoms with Crippen molar-refractivity contribution in [2.75, 3.05) is 25.1 Å². The second-order valence-corrected chi connectivity index (χ2v) is 15.5. The largest absolute Gasteiger partial charge is 0.493 e. The molecular weight excluding hydrogens is 709 g/mol. The maximum absolute atomic E-state index is 14.9. The number of carbonyl (C=O) groups is 2. The zero-order valence-electron chi connectivity index (χ0n) is 29.2. The number of hydrogen-bond donors (Lipinski definition) is 1. The van der Waals surface area contributed by atoms with Crippen molar-refractivity contribution in [3.05, 3.63) is 117 Å². The van der Waals surface area contributed by atoms with E-state index in [4.69, 9.17) is 32.7 Å². The minimum atomic E-state index is -4.39. The van der Waals surface area contributed by atoms with Crippen LogP contribution in [0.1, 0.15) is 47.9 Å². The molecule has 270 valence electrons. The molecule has 1 aliphatic carbocycles. The summed E-state index contributed by atoms with van der Waals surface area (Å²) in [4.78, 5) is 30.5. The van der Waals surface area contributed by atoms with E-state index in [1.165, 1.54) is 37.3 Å². The van der Waals surface area contributed by atoms with Crippen LogP contribution in [0.5, 0.6) is 11.5 Å².